The molecule has 6 N–H and O–H groups in total. The fraction of sp³-hybridized carbons (Fsp3) is 0.553. The summed E-state index contributed by atoms with van der Waals surface area (Å²) < 4.78 is 11.8. The summed E-state index contributed by atoms with van der Waals surface area (Å²) in [6.07, 6.45) is 1.40. The number of hydrogen-bond acceptors (Lipinski definition) is 9. The minimum absolute atomic E-state index is 0.000625. The number of carbonyl (C=O) groups is 5. The number of nitrogens with one attached hydrogen (secondary N) is 3. The highest BCUT2D eigenvalue weighted by Crippen LogP contribution is 2.29. The molecule has 0 spiro atoms. The second-order valence-electron chi connectivity index (χ2n) is 13.5. The number of nitrogens with zero attached hydrogens (tertiary/aromatic N) is 2. The van der Waals surface area contributed by atoms with Gasteiger partial charge in [-0.05, 0) is 54.2 Å². The molecular weight excluding hydrogens is 668 g/mol. The Labute approximate surface area is 306 Å². The lowest BCUT2D eigenvalue weighted by Gasteiger charge is -2.39. The van der Waals surface area contributed by atoms with Crippen molar-refractivity contribution in [1.29, 1.82) is 0 Å². The molecule has 52 heavy (non-hydrogen) atoms. The van der Waals surface area contributed by atoms with Gasteiger partial charge in [-0.1, -0.05) is 51.5 Å². The van der Waals surface area contributed by atoms with Crippen LogP contribution >= 0.6 is 0 Å². The molecular formula is C38H56N6O8. The zero-order chi connectivity index (χ0) is 38.4. The van der Waals surface area contributed by atoms with Gasteiger partial charge in [-0.2, -0.15) is 0 Å². The van der Waals surface area contributed by atoms with Gasteiger partial charge in [-0.25, -0.2) is 0 Å². The SMILES string of the molecule is CCC(C)C(C(CC(=O)N1CCCC1C(OC)C(C)C(=O)NC(Cc1ccc(O)cc1)C(=O)NCc1ccc(N)cc1)OC)N(C)C(=O)CNC=O. The van der Waals surface area contributed by atoms with E-state index in [2.05, 4.69) is 16.0 Å². The average Bonchev–Trinajstić information content (AvgIpc) is 3.63. The second-order valence-corrected chi connectivity index (χ2v) is 13.5. The minimum atomic E-state index is -0.937. The fourth-order valence-corrected chi connectivity index (χ4v) is 6.91. The quantitative estimate of drug-likeness (QED) is 0.100. The molecule has 1 fully saturated rings. The number of rotatable bonds is 20. The monoisotopic (exact) mass is 724 g/mol. The Morgan fingerprint density at radius 2 is 1.67 bits per heavy atom. The van der Waals surface area contributed by atoms with Crippen molar-refractivity contribution in [2.24, 2.45) is 11.8 Å². The molecule has 1 heterocycles. The average molecular weight is 725 g/mol. The molecule has 0 aromatic heterocycles. The van der Waals surface area contributed by atoms with E-state index < -0.39 is 42.2 Å². The number of ether oxygens (including phenoxy) is 2. The predicted octanol–water partition coefficient (Wildman–Crippen LogP) is 1.98. The molecule has 5 amide bonds. The lowest BCUT2D eigenvalue weighted by atomic mass is 9.90. The number of amides is 5. The normalized spacial score (nSPS) is 17.6. The van der Waals surface area contributed by atoms with Gasteiger partial charge in [0.15, 0.2) is 0 Å². The molecule has 2 aromatic rings. The number of nitrogens with two attached hydrogens (primary N) is 1. The van der Waals surface area contributed by atoms with Crippen LogP contribution in [-0.2, 0) is 46.4 Å². The topological polar surface area (TPSA) is 193 Å². The summed E-state index contributed by atoms with van der Waals surface area (Å²) in [6, 6.07) is 11.8. The van der Waals surface area contributed by atoms with Crippen molar-refractivity contribution in [2.45, 2.75) is 89.8 Å². The van der Waals surface area contributed by atoms with Crippen molar-refractivity contribution in [2.75, 3.05) is 40.1 Å². The van der Waals surface area contributed by atoms with Crippen LogP contribution in [0.15, 0.2) is 48.5 Å². The van der Waals surface area contributed by atoms with Crippen molar-refractivity contribution < 1.29 is 38.6 Å². The maximum atomic E-state index is 14.0. The number of carbonyl (C=O) groups excluding carboxylic acids is 5. The van der Waals surface area contributed by atoms with Gasteiger partial charge in [-0.15, -0.1) is 0 Å². The highest BCUT2D eigenvalue weighted by Gasteiger charge is 2.42. The van der Waals surface area contributed by atoms with Crippen LogP contribution in [0, 0.1) is 11.8 Å². The molecule has 0 radical (unpaired) electrons. The standard InChI is InChI=1S/C38H56N6O8/c1-7-24(2)35(43(4)34(48)22-40-23-45)32(51-5)20-33(47)44-18-8-9-31(44)36(52-6)25(3)37(49)42-30(19-26-12-16-29(46)17-13-26)38(50)41-21-27-10-14-28(39)15-11-27/h10-17,23-25,30-32,35-36,46H,7-9,18-22,39H2,1-6H3,(H,40,45)(H,41,50)(H,42,49). The molecule has 0 saturated carbocycles. The Kier molecular flexibility index (Phi) is 16.4. The maximum absolute atomic E-state index is 14.0. The minimum Gasteiger partial charge on any atom is -0.508 e. The van der Waals surface area contributed by atoms with Crippen molar-refractivity contribution in [3.05, 3.63) is 59.7 Å². The molecule has 7 unspecified atom stereocenters. The Bertz CT molecular complexity index is 1470. The maximum Gasteiger partial charge on any atom is 0.243 e. The summed E-state index contributed by atoms with van der Waals surface area (Å²) in [7, 11) is 4.67. The number of aromatic hydroxyl groups is 1. The molecule has 1 aliphatic heterocycles. The summed E-state index contributed by atoms with van der Waals surface area (Å²) in [4.78, 5) is 68.3. The van der Waals surface area contributed by atoms with Gasteiger partial charge in [0.2, 0.25) is 30.0 Å². The van der Waals surface area contributed by atoms with E-state index in [1.54, 1.807) is 48.0 Å². The van der Waals surface area contributed by atoms with Gasteiger partial charge in [0, 0.05) is 46.5 Å². The second kappa shape index (κ2) is 20.4. The first kappa shape index (κ1) is 41.7. The molecule has 7 atom stereocenters. The largest absolute Gasteiger partial charge is 0.508 e. The Hall–Kier alpha value is -4.69. The third kappa shape index (κ3) is 11.4. The van der Waals surface area contributed by atoms with Crippen LogP contribution in [0.4, 0.5) is 5.69 Å². The predicted molar refractivity (Wildman–Crippen MR) is 197 cm³/mol. The van der Waals surface area contributed by atoms with E-state index in [1.807, 2.05) is 26.0 Å². The molecule has 14 heteroatoms. The molecule has 0 bridgehead atoms. The van der Waals surface area contributed by atoms with Gasteiger partial charge < -0.3 is 46.1 Å². The summed E-state index contributed by atoms with van der Waals surface area (Å²) in [5.74, 6) is -1.94. The van der Waals surface area contributed by atoms with E-state index in [0.29, 0.717) is 31.5 Å². The molecule has 1 aliphatic rings. The third-order valence-electron chi connectivity index (χ3n) is 10.1. The first-order valence-electron chi connectivity index (χ1n) is 17.8. The number of hydrogen-bond donors (Lipinski definition) is 5. The van der Waals surface area contributed by atoms with Crippen LogP contribution in [0.5, 0.6) is 5.75 Å². The van der Waals surface area contributed by atoms with E-state index >= 15 is 0 Å². The van der Waals surface area contributed by atoms with Crippen molar-refractivity contribution in [3.8, 4) is 5.75 Å². The van der Waals surface area contributed by atoms with Gasteiger partial charge >= 0.3 is 0 Å². The van der Waals surface area contributed by atoms with Crippen molar-refractivity contribution >= 4 is 35.7 Å². The lowest BCUT2D eigenvalue weighted by Crippen LogP contribution is -2.55. The lowest BCUT2D eigenvalue weighted by molar-refractivity contribution is -0.146. The van der Waals surface area contributed by atoms with Crippen LogP contribution in [0.2, 0.25) is 0 Å². The van der Waals surface area contributed by atoms with Crippen molar-refractivity contribution in [1.82, 2.24) is 25.8 Å². The zero-order valence-corrected chi connectivity index (χ0v) is 31.2. The molecule has 14 nitrogen and oxygen atoms in total. The van der Waals surface area contributed by atoms with E-state index in [0.717, 1.165) is 17.5 Å². The van der Waals surface area contributed by atoms with Gasteiger partial charge in [0.25, 0.3) is 0 Å². The highest BCUT2D eigenvalue weighted by molar-refractivity contribution is 5.89. The number of methoxy groups -OCH3 is 2. The number of phenolic OH excluding ortho intramolecular Hbond substituents is 1. The van der Waals surface area contributed by atoms with E-state index in [-0.39, 0.29) is 55.3 Å². The molecule has 2 aromatic carbocycles. The van der Waals surface area contributed by atoms with Crippen LogP contribution in [0.1, 0.15) is 57.6 Å². The molecule has 3 rings (SSSR count). The van der Waals surface area contributed by atoms with Crippen LogP contribution in [-0.4, -0.2) is 110 Å². The summed E-state index contributed by atoms with van der Waals surface area (Å²) >= 11 is 0. The number of phenols is 1. The van der Waals surface area contributed by atoms with Gasteiger partial charge in [0.1, 0.15) is 11.8 Å². The number of nitrogen functional groups attached to an aromatic ring is 1. The zero-order valence-electron chi connectivity index (χ0n) is 31.2. The van der Waals surface area contributed by atoms with Crippen molar-refractivity contribution in [3.63, 3.8) is 0 Å². The van der Waals surface area contributed by atoms with Crippen LogP contribution in [0.25, 0.3) is 0 Å². The first-order valence-corrected chi connectivity index (χ1v) is 17.8. The Morgan fingerprint density at radius 3 is 2.27 bits per heavy atom. The number of benzene rings is 2. The van der Waals surface area contributed by atoms with Gasteiger partial charge in [0.05, 0.1) is 43.2 Å². The summed E-state index contributed by atoms with van der Waals surface area (Å²) in [6.45, 7) is 6.25. The van der Waals surface area contributed by atoms with Crippen LogP contribution < -0.4 is 21.7 Å². The third-order valence-corrected chi connectivity index (χ3v) is 10.1. The molecule has 0 aliphatic carbocycles. The highest BCUT2D eigenvalue weighted by atomic mass is 16.5. The first-order chi connectivity index (χ1) is 24.8. The number of likely N-dealkylation sites (N-methyl/N-ethyl adjacent to an activating group) is 1. The number of likely N-dealkylation sites (tertiary alicyclic amines) is 1. The Balaban J connectivity index is 1.76. The van der Waals surface area contributed by atoms with E-state index in [1.165, 1.54) is 26.4 Å². The van der Waals surface area contributed by atoms with E-state index in [9.17, 15) is 29.1 Å². The van der Waals surface area contributed by atoms with Gasteiger partial charge in [-0.3, -0.25) is 24.0 Å². The Morgan fingerprint density at radius 1 is 1.02 bits per heavy atom. The molecule has 1 saturated heterocycles. The smallest absolute Gasteiger partial charge is 0.243 e. The van der Waals surface area contributed by atoms with E-state index in [4.69, 9.17) is 15.2 Å². The number of anilines is 1. The van der Waals surface area contributed by atoms with Crippen LogP contribution in [0.3, 0.4) is 0 Å². The summed E-state index contributed by atoms with van der Waals surface area (Å²) in [5, 5.41) is 18.0. The summed E-state index contributed by atoms with van der Waals surface area (Å²) in [5.41, 5.74) is 7.98. The fourth-order valence-electron chi connectivity index (χ4n) is 6.91. The molecule has 286 valence electrons.